The first-order chi connectivity index (χ1) is 17.5. The van der Waals surface area contributed by atoms with Gasteiger partial charge in [-0.15, -0.1) is 5.10 Å². The van der Waals surface area contributed by atoms with Crippen LogP contribution in [0.1, 0.15) is 80.0 Å². The highest BCUT2D eigenvalue weighted by molar-refractivity contribution is 5.79. The van der Waals surface area contributed by atoms with Crippen LogP contribution in [0.2, 0.25) is 0 Å². The predicted octanol–water partition coefficient (Wildman–Crippen LogP) is 5.62. The lowest BCUT2D eigenvalue weighted by Gasteiger charge is -2.31. The van der Waals surface area contributed by atoms with Crippen molar-refractivity contribution in [1.82, 2.24) is 30.1 Å². The van der Waals surface area contributed by atoms with Gasteiger partial charge in [0.05, 0.1) is 12.1 Å². The molecule has 0 amide bonds. The Morgan fingerprint density at radius 2 is 1.89 bits per heavy atom. The van der Waals surface area contributed by atoms with Crippen LogP contribution < -0.4 is 5.56 Å². The normalized spacial score (nSPS) is 15.2. The largest absolute Gasteiger partial charge is 0.322 e. The van der Waals surface area contributed by atoms with Crippen LogP contribution in [0, 0.1) is 12.7 Å². The number of hydrogen-bond acceptors (Lipinski definition) is 5. The van der Waals surface area contributed by atoms with E-state index in [2.05, 4.69) is 38.4 Å². The highest BCUT2D eigenvalue weighted by Gasteiger charge is 2.30. The summed E-state index contributed by atoms with van der Waals surface area (Å²) >= 11 is 0. The van der Waals surface area contributed by atoms with Gasteiger partial charge in [-0.25, -0.2) is 9.07 Å². The van der Waals surface area contributed by atoms with Gasteiger partial charge in [0, 0.05) is 24.2 Å². The highest BCUT2D eigenvalue weighted by Crippen LogP contribution is 2.34. The zero-order chi connectivity index (χ0) is 25.1. The molecule has 0 bridgehead atoms. The van der Waals surface area contributed by atoms with Gasteiger partial charge in [0.1, 0.15) is 5.82 Å². The van der Waals surface area contributed by atoms with Crippen LogP contribution in [0.25, 0.3) is 10.9 Å². The van der Waals surface area contributed by atoms with Crippen molar-refractivity contribution in [2.75, 3.05) is 0 Å². The molecule has 1 fully saturated rings. The topological polar surface area (TPSA) is 79.7 Å². The van der Waals surface area contributed by atoms with E-state index < -0.39 is 0 Å². The summed E-state index contributed by atoms with van der Waals surface area (Å²) in [7, 11) is 0. The van der Waals surface area contributed by atoms with E-state index in [1.807, 2.05) is 29.8 Å². The number of aromatic nitrogens is 5. The molecule has 4 aromatic rings. The molecule has 1 atom stereocenters. The van der Waals surface area contributed by atoms with Crippen LogP contribution >= 0.6 is 0 Å². The van der Waals surface area contributed by atoms with Gasteiger partial charge in [0.25, 0.3) is 5.56 Å². The van der Waals surface area contributed by atoms with Gasteiger partial charge in [-0.2, -0.15) is 0 Å². The van der Waals surface area contributed by atoms with E-state index >= 15 is 0 Å². The fourth-order valence-corrected chi connectivity index (χ4v) is 5.39. The summed E-state index contributed by atoms with van der Waals surface area (Å²) in [5, 5.41) is 14.0. The molecule has 2 aromatic heterocycles. The van der Waals surface area contributed by atoms with Crippen LogP contribution in [-0.2, 0) is 13.1 Å². The van der Waals surface area contributed by atoms with Crippen LogP contribution in [0.5, 0.6) is 0 Å². The Labute approximate surface area is 210 Å². The molecule has 8 heteroatoms. The van der Waals surface area contributed by atoms with Crippen molar-refractivity contribution in [3.8, 4) is 0 Å². The number of pyridine rings is 1. The summed E-state index contributed by atoms with van der Waals surface area (Å²) in [5.74, 6) is 0.584. The molecule has 0 spiro atoms. The second-order valence-corrected chi connectivity index (χ2v) is 9.97. The number of nitrogens with one attached hydrogen (secondary N) is 1. The van der Waals surface area contributed by atoms with Gasteiger partial charge in [0.15, 0.2) is 5.82 Å². The maximum atomic E-state index is 13.6. The lowest BCUT2D eigenvalue weighted by molar-refractivity contribution is 0.153. The van der Waals surface area contributed by atoms with E-state index in [-0.39, 0.29) is 17.4 Å². The number of rotatable bonds is 9. The maximum absolute atomic E-state index is 13.6. The number of aromatic amines is 1. The molecule has 2 aromatic carbocycles. The summed E-state index contributed by atoms with van der Waals surface area (Å²) in [6.45, 7) is 5.18. The monoisotopic (exact) mass is 488 g/mol. The third-order valence-electron chi connectivity index (χ3n) is 7.24. The maximum Gasteiger partial charge on any atom is 0.252 e. The fraction of sp³-hybridized carbons (Fsp3) is 0.429. The minimum atomic E-state index is -0.262. The number of halogens is 1. The molecule has 36 heavy (non-hydrogen) atoms. The molecule has 5 rings (SSSR count). The Hall–Kier alpha value is -3.39. The standard InChI is InChI=1S/C28H33FN6O/c1-3-6-26(27-31-32-33-35(27)24-7-4-5-8-24)34(17-20-10-12-23(29)13-11-20)18-22-16-21-15-19(2)9-14-25(21)30-28(22)36/h9-16,24,26H,3-8,17-18H2,1-2H3,(H,30,36)/t26-/m1/s1. The van der Waals surface area contributed by atoms with Crippen LogP contribution in [0.15, 0.2) is 53.3 Å². The number of H-pyrrole nitrogens is 1. The van der Waals surface area contributed by atoms with Crippen molar-refractivity contribution in [3.63, 3.8) is 0 Å². The van der Waals surface area contributed by atoms with Crippen molar-refractivity contribution in [2.45, 2.75) is 77.5 Å². The number of tetrazole rings is 1. The first kappa shape index (κ1) is 24.3. The lowest BCUT2D eigenvalue weighted by Crippen LogP contribution is -2.33. The Bertz CT molecular complexity index is 1370. The zero-order valence-electron chi connectivity index (χ0n) is 21.0. The average molecular weight is 489 g/mol. The molecule has 7 nitrogen and oxygen atoms in total. The second-order valence-electron chi connectivity index (χ2n) is 9.97. The molecule has 2 heterocycles. The Kier molecular flexibility index (Phi) is 7.23. The molecule has 188 valence electrons. The fourth-order valence-electron chi connectivity index (χ4n) is 5.39. The lowest BCUT2D eigenvalue weighted by atomic mass is 10.0. The summed E-state index contributed by atoms with van der Waals surface area (Å²) in [4.78, 5) is 18.4. The average Bonchev–Trinajstić information content (AvgIpc) is 3.56. The summed E-state index contributed by atoms with van der Waals surface area (Å²) in [6.07, 6.45) is 6.33. The number of benzene rings is 2. The number of nitrogens with zero attached hydrogens (tertiary/aromatic N) is 5. The van der Waals surface area contributed by atoms with Gasteiger partial charge in [-0.3, -0.25) is 9.69 Å². The minimum absolute atomic E-state index is 0.0803. The van der Waals surface area contributed by atoms with Crippen LogP contribution in [0.4, 0.5) is 4.39 Å². The predicted molar refractivity (Wildman–Crippen MR) is 138 cm³/mol. The van der Waals surface area contributed by atoms with Gasteiger partial charge < -0.3 is 4.98 Å². The molecule has 1 aliphatic rings. The summed E-state index contributed by atoms with van der Waals surface area (Å²) in [6, 6.07) is 14.8. The van der Waals surface area contributed by atoms with E-state index in [4.69, 9.17) is 0 Å². The molecule has 1 saturated carbocycles. The third-order valence-corrected chi connectivity index (χ3v) is 7.24. The Morgan fingerprint density at radius 1 is 1.11 bits per heavy atom. The quantitative estimate of drug-likeness (QED) is 0.331. The number of hydrogen-bond donors (Lipinski definition) is 1. The molecule has 0 radical (unpaired) electrons. The Morgan fingerprint density at radius 3 is 2.64 bits per heavy atom. The molecular formula is C28H33FN6O. The van der Waals surface area contributed by atoms with Gasteiger partial charge in [-0.1, -0.05) is 49.9 Å². The minimum Gasteiger partial charge on any atom is -0.322 e. The van der Waals surface area contributed by atoms with Crippen LogP contribution in [0.3, 0.4) is 0 Å². The van der Waals surface area contributed by atoms with Crippen molar-refractivity contribution >= 4 is 10.9 Å². The Balaban J connectivity index is 1.55. The van der Waals surface area contributed by atoms with E-state index in [0.29, 0.717) is 24.7 Å². The molecular weight excluding hydrogens is 455 g/mol. The smallest absolute Gasteiger partial charge is 0.252 e. The van der Waals surface area contributed by atoms with Crippen molar-refractivity contribution < 1.29 is 4.39 Å². The summed E-state index contributed by atoms with van der Waals surface area (Å²) in [5.41, 5.74) is 3.54. The summed E-state index contributed by atoms with van der Waals surface area (Å²) < 4.78 is 15.7. The highest BCUT2D eigenvalue weighted by atomic mass is 19.1. The number of fused-ring (bicyclic) bond motifs is 1. The zero-order valence-corrected chi connectivity index (χ0v) is 21.0. The van der Waals surface area contributed by atoms with E-state index in [0.717, 1.165) is 53.5 Å². The van der Waals surface area contributed by atoms with Crippen molar-refractivity contribution in [3.05, 3.63) is 87.2 Å². The van der Waals surface area contributed by atoms with Gasteiger partial charge >= 0.3 is 0 Å². The first-order valence-electron chi connectivity index (χ1n) is 12.9. The molecule has 0 unspecified atom stereocenters. The number of aryl methyl sites for hydroxylation is 1. The second kappa shape index (κ2) is 10.7. The first-order valence-corrected chi connectivity index (χ1v) is 12.9. The molecule has 1 N–H and O–H groups in total. The molecule has 0 saturated heterocycles. The van der Waals surface area contributed by atoms with Gasteiger partial charge in [-0.05, 0) is 77.9 Å². The van der Waals surface area contributed by atoms with Crippen molar-refractivity contribution in [2.24, 2.45) is 0 Å². The van der Waals surface area contributed by atoms with E-state index in [1.54, 1.807) is 12.1 Å². The van der Waals surface area contributed by atoms with E-state index in [9.17, 15) is 9.18 Å². The van der Waals surface area contributed by atoms with Gasteiger partial charge in [0.2, 0.25) is 0 Å². The SMILES string of the molecule is CCC[C@H](c1nnnn1C1CCCC1)N(Cc1ccc(F)cc1)Cc1cc2cc(C)ccc2[nH]c1=O. The molecule has 0 aliphatic heterocycles. The van der Waals surface area contributed by atoms with Crippen molar-refractivity contribution in [1.29, 1.82) is 0 Å². The third kappa shape index (κ3) is 5.23. The van der Waals surface area contributed by atoms with Crippen LogP contribution in [-0.4, -0.2) is 30.1 Å². The molecule has 1 aliphatic carbocycles. The van der Waals surface area contributed by atoms with E-state index in [1.165, 1.54) is 25.0 Å².